The molecule has 19 heavy (non-hydrogen) atoms. The van der Waals surface area contributed by atoms with Gasteiger partial charge in [0.25, 0.3) is 0 Å². The van der Waals surface area contributed by atoms with Crippen molar-refractivity contribution in [3.8, 4) is 0 Å². The molecule has 2 unspecified atom stereocenters. The van der Waals surface area contributed by atoms with Crippen molar-refractivity contribution in [3.63, 3.8) is 0 Å². The van der Waals surface area contributed by atoms with Gasteiger partial charge in [-0.3, -0.25) is 9.59 Å². The second kappa shape index (κ2) is 8.12. The van der Waals surface area contributed by atoms with E-state index in [2.05, 4.69) is 5.32 Å². The van der Waals surface area contributed by atoms with Crippen LogP contribution >= 0.6 is 0 Å². The summed E-state index contributed by atoms with van der Waals surface area (Å²) in [6.45, 7) is 5.64. The molecule has 1 rings (SSSR count). The molecule has 0 aliphatic carbocycles. The molecule has 6 nitrogen and oxygen atoms in total. The van der Waals surface area contributed by atoms with Crippen LogP contribution in [0, 0.1) is 0 Å². The highest BCUT2D eigenvalue weighted by Crippen LogP contribution is 2.09. The van der Waals surface area contributed by atoms with Gasteiger partial charge in [-0.25, -0.2) is 0 Å². The van der Waals surface area contributed by atoms with E-state index in [4.69, 9.17) is 4.74 Å². The highest BCUT2D eigenvalue weighted by atomic mass is 16.5. The fraction of sp³-hybridized carbons (Fsp3) is 0.846. The van der Waals surface area contributed by atoms with Gasteiger partial charge in [0.2, 0.25) is 5.91 Å². The number of hydrogen-bond acceptors (Lipinski definition) is 5. The Morgan fingerprint density at radius 1 is 1.37 bits per heavy atom. The predicted octanol–water partition coefficient (Wildman–Crippen LogP) is -0.0990. The second-order valence-electron chi connectivity index (χ2n) is 4.83. The molecule has 0 spiro atoms. The molecule has 2 atom stereocenters. The van der Waals surface area contributed by atoms with E-state index >= 15 is 0 Å². The third-order valence-electron chi connectivity index (χ3n) is 3.16. The zero-order valence-electron chi connectivity index (χ0n) is 11.7. The predicted molar refractivity (Wildman–Crippen MR) is 70.5 cm³/mol. The Morgan fingerprint density at radius 3 is 2.58 bits per heavy atom. The Hall–Kier alpha value is -1.14. The quantitative estimate of drug-likeness (QED) is 0.633. The first-order valence-electron chi connectivity index (χ1n) is 6.90. The van der Waals surface area contributed by atoms with Crippen LogP contribution in [-0.2, 0) is 14.3 Å². The third-order valence-corrected chi connectivity index (χ3v) is 3.16. The zero-order chi connectivity index (χ0) is 14.3. The van der Waals surface area contributed by atoms with Crippen molar-refractivity contribution in [2.24, 2.45) is 0 Å². The lowest BCUT2D eigenvalue weighted by molar-refractivity contribution is -0.145. The van der Waals surface area contributed by atoms with Crippen LogP contribution in [0.15, 0.2) is 0 Å². The number of ether oxygens (including phenoxy) is 1. The van der Waals surface area contributed by atoms with E-state index in [-0.39, 0.29) is 24.9 Å². The smallest absolute Gasteiger partial charge is 0.308 e. The first kappa shape index (κ1) is 15.9. The van der Waals surface area contributed by atoms with Gasteiger partial charge in [0.15, 0.2) is 0 Å². The molecule has 6 heteroatoms. The van der Waals surface area contributed by atoms with Gasteiger partial charge >= 0.3 is 5.97 Å². The Balaban J connectivity index is 2.23. The van der Waals surface area contributed by atoms with Crippen LogP contribution in [-0.4, -0.2) is 60.3 Å². The summed E-state index contributed by atoms with van der Waals surface area (Å²) in [6, 6.07) is -0.338. The van der Waals surface area contributed by atoms with E-state index in [1.54, 1.807) is 13.8 Å². The minimum atomic E-state index is -0.826. The van der Waals surface area contributed by atoms with Gasteiger partial charge in [0.05, 0.1) is 25.2 Å². The lowest BCUT2D eigenvalue weighted by Crippen LogP contribution is -2.46. The average Bonchev–Trinajstić information content (AvgIpc) is 2.89. The molecule has 0 aromatic heterocycles. The molecule has 1 aliphatic heterocycles. The van der Waals surface area contributed by atoms with E-state index in [0.717, 1.165) is 25.9 Å². The number of likely N-dealkylation sites (tertiary alicyclic amines) is 1. The highest BCUT2D eigenvalue weighted by molar-refractivity contribution is 5.81. The molecule has 0 saturated carbocycles. The summed E-state index contributed by atoms with van der Waals surface area (Å²) >= 11 is 0. The summed E-state index contributed by atoms with van der Waals surface area (Å²) < 4.78 is 4.75. The van der Waals surface area contributed by atoms with Crippen LogP contribution in [0.1, 0.15) is 33.1 Å². The maximum absolute atomic E-state index is 12.0. The number of rotatable bonds is 7. The average molecular weight is 272 g/mol. The number of carbonyl (C=O) groups is 2. The molecule has 0 aromatic carbocycles. The van der Waals surface area contributed by atoms with Crippen molar-refractivity contribution in [2.75, 3.05) is 26.2 Å². The lowest BCUT2D eigenvalue weighted by Gasteiger charge is -2.22. The Morgan fingerprint density at radius 2 is 2.00 bits per heavy atom. The fourth-order valence-corrected chi connectivity index (χ4v) is 2.10. The third kappa shape index (κ3) is 5.57. The van der Waals surface area contributed by atoms with E-state index in [0.29, 0.717) is 6.61 Å². The summed E-state index contributed by atoms with van der Waals surface area (Å²) in [5.74, 6) is -0.365. The van der Waals surface area contributed by atoms with Crippen LogP contribution < -0.4 is 5.32 Å². The second-order valence-corrected chi connectivity index (χ2v) is 4.83. The number of nitrogens with zero attached hydrogens (tertiary/aromatic N) is 1. The van der Waals surface area contributed by atoms with Crippen molar-refractivity contribution in [2.45, 2.75) is 45.3 Å². The van der Waals surface area contributed by atoms with Gasteiger partial charge in [-0.2, -0.15) is 0 Å². The van der Waals surface area contributed by atoms with Gasteiger partial charge in [-0.15, -0.1) is 0 Å². The van der Waals surface area contributed by atoms with Crippen molar-refractivity contribution in [1.82, 2.24) is 10.2 Å². The summed E-state index contributed by atoms with van der Waals surface area (Å²) in [5, 5.41) is 12.6. The molecule has 0 radical (unpaired) electrons. The molecule has 1 amide bonds. The molecule has 1 saturated heterocycles. The van der Waals surface area contributed by atoms with Crippen LogP contribution in [0.3, 0.4) is 0 Å². The highest BCUT2D eigenvalue weighted by Gasteiger charge is 2.23. The van der Waals surface area contributed by atoms with Crippen molar-refractivity contribution in [3.05, 3.63) is 0 Å². The monoisotopic (exact) mass is 272 g/mol. The molecular weight excluding hydrogens is 248 g/mol. The molecular formula is C13H24N2O4. The molecule has 110 valence electrons. The van der Waals surface area contributed by atoms with Gasteiger partial charge in [0, 0.05) is 19.6 Å². The van der Waals surface area contributed by atoms with Crippen LogP contribution in [0.5, 0.6) is 0 Å². The van der Waals surface area contributed by atoms with Crippen molar-refractivity contribution >= 4 is 11.9 Å². The van der Waals surface area contributed by atoms with Gasteiger partial charge in [-0.1, -0.05) is 0 Å². The molecule has 1 fully saturated rings. The molecule has 0 aromatic rings. The van der Waals surface area contributed by atoms with Crippen molar-refractivity contribution in [1.29, 1.82) is 0 Å². The summed E-state index contributed by atoms with van der Waals surface area (Å²) in [4.78, 5) is 25.0. The molecule has 0 bridgehead atoms. The fourth-order valence-electron chi connectivity index (χ4n) is 2.10. The van der Waals surface area contributed by atoms with Gasteiger partial charge in [-0.05, 0) is 26.7 Å². The standard InChI is InChI=1S/C13H24N2O4/c1-3-19-12(17)8-11(16)9-14-10(2)13(18)15-6-4-5-7-15/h10-11,14,16H,3-9H2,1-2H3. The number of carbonyl (C=O) groups excluding carboxylic acids is 2. The molecule has 1 heterocycles. The maximum atomic E-state index is 12.0. The van der Waals surface area contributed by atoms with E-state index in [1.807, 2.05) is 4.90 Å². The van der Waals surface area contributed by atoms with E-state index in [9.17, 15) is 14.7 Å². The number of aliphatic hydroxyl groups excluding tert-OH is 1. The number of hydrogen-bond donors (Lipinski definition) is 2. The largest absolute Gasteiger partial charge is 0.466 e. The number of amides is 1. The normalized spacial score (nSPS) is 18.2. The van der Waals surface area contributed by atoms with Crippen LogP contribution in [0.4, 0.5) is 0 Å². The topological polar surface area (TPSA) is 78.9 Å². The van der Waals surface area contributed by atoms with Crippen LogP contribution in [0.25, 0.3) is 0 Å². The van der Waals surface area contributed by atoms with E-state index < -0.39 is 12.1 Å². The first-order valence-corrected chi connectivity index (χ1v) is 6.90. The first-order chi connectivity index (χ1) is 9.04. The zero-order valence-corrected chi connectivity index (χ0v) is 11.7. The SMILES string of the molecule is CCOC(=O)CC(O)CNC(C)C(=O)N1CCCC1. The van der Waals surface area contributed by atoms with E-state index in [1.165, 1.54) is 0 Å². The summed E-state index contributed by atoms with van der Waals surface area (Å²) in [6.07, 6.45) is 1.24. The Bertz CT molecular complexity index is 303. The number of aliphatic hydroxyl groups is 1. The summed E-state index contributed by atoms with van der Waals surface area (Å²) in [5.41, 5.74) is 0. The summed E-state index contributed by atoms with van der Waals surface area (Å²) in [7, 11) is 0. The van der Waals surface area contributed by atoms with Crippen molar-refractivity contribution < 1.29 is 19.4 Å². The van der Waals surface area contributed by atoms with Gasteiger partial charge in [0.1, 0.15) is 0 Å². The molecule has 2 N–H and O–H groups in total. The Kier molecular flexibility index (Phi) is 6.80. The number of esters is 1. The Labute approximate surface area is 114 Å². The minimum absolute atomic E-state index is 0.0501. The lowest BCUT2D eigenvalue weighted by atomic mass is 10.2. The maximum Gasteiger partial charge on any atom is 0.308 e. The minimum Gasteiger partial charge on any atom is -0.466 e. The van der Waals surface area contributed by atoms with Crippen LogP contribution in [0.2, 0.25) is 0 Å². The molecule has 1 aliphatic rings. The number of nitrogens with one attached hydrogen (secondary N) is 1. The van der Waals surface area contributed by atoms with Gasteiger partial charge < -0.3 is 20.1 Å².